The maximum Gasteiger partial charge on any atom is 0.249 e. The van der Waals surface area contributed by atoms with Crippen molar-refractivity contribution in [3.05, 3.63) is 35.9 Å². The van der Waals surface area contributed by atoms with Crippen molar-refractivity contribution in [1.82, 2.24) is 5.32 Å². The summed E-state index contributed by atoms with van der Waals surface area (Å²) in [6.07, 6.45) is -1.73. The first kappa shape index (κ1) is 12.2. The van der Waals surface area contributed by atoms with Crippen LogP contribution in [0.15, 0.2) is 30.3 Å². The summed E-state index contributed by atoms with van der Waals surface area (Å²) >= 11 is 0. The van der Waals surface area contributed by atoms with E-state index in [2.05, 4.69) is 5.32 Å². The lowest BCUT2D eigenvalue weighted by Crippen LogP contribution is -2.36. The van der Waals surface area contributed by atoms with Crippen LogP contribution in [0.25, 0.3) is 0 Å². The molecule has 5 heteroatoms. The highest BCUT2D eigenvalue weighted by molar-refractivity contribution is 5.86. The van der Waals surface area contributed by atoms with Crippen molar-refractivity contribution in [3.8, 4) is 0 Å². The summed E-state index contributed by atoms with van der Waals surface area (Å²) in [5.74, 6) is -1.30. The van der Waals surface area contributed by atoms with Crippen molar-refractivity contribution >= 4 is 11.8 Å². The van der Waals surface area contributed by atoms with Gasteiger partial charge < -0.3 is 16.2 Å². The smallest absolute Gasteiger partial charge is 0.249 e. The molecule has 0 aliphatic rings. The Morgan fingerprint density at radius 3 is 2.50 bits per heavy atom. The molecule has 4 N–H and O–H groups in total. The van der Waals surface area contributed by atoms with Crippen LogP contribution in [0.5, 0.6) is 0 Å². The Hall–Kier alpha value is -1.88. The zero-order valence-electron chi connectivity index (χ0n) is 8.72. The Balaban J connectivity index is 2.38. The van der Waals surface area contributed by atoms with Gasteiger partial charge in [-0.05, 0) is 5.56 Å². The molecule has 16 heavy (non-hydrogen) atoms. The lowest BCUT2D eigenvalue weighted by molar-refractivity contribution is -0.133. The molecule has 0 spiro atoms. The largest absolute Gasteiger partial charge is 0.383 e. The molecule has 0 unspecified atom stereocenters. The average Bonchev–Trinajstić information content (AvgIpc) is 2.26. The average molecular weight is 222 g/mol. The first-order valence-electron chi connectivity index (χ1n) is 4.87. The SMILES string of the molecule is NC(=O)C[C@H](O)C(=O)NCc1ccccc1. The zero-order chi connectivity index (χ0) is 12.0. The summed E-state index contributed by atoms with van der Waals surface area (Å²) in [5, 5.41) is 11.8. The van der Waals surface area contributed by atoms with Gasteiger partial charge in [0.1, 0.15) is 6.10 Å². The van der Waals surface area contributed by atoms with E-state index in [0.29, 0.717) is 6.54 Å². The molecule has 0 radical (unpaired) electrons. The number of nitrogens with one attached hydrogen (secondary N) is 1. The Morgan fingerprint density at radius 1 is 1.31 bits per heavy atom. The first-order valence-corrected chi connectivity index (χ1v) is 4.87. The normalized spacial score (nSPS) is 11.8. The van der Waals surface area contributed by atoms with E-state index in [0.717, 1.165) is 5.56 Å². The molecular weight excluding hydrogens is 208 g/mol. The minimum Gasteiger partial charge on any atom is -0.383 e. The Kier molecular flexibility index (Phi) is 4.47. The van der Waals surface area contributed by atoms with Crippen LogP contribution in [-0.4, -0.2) is 23.0 Å². The molecule has 0 aromatic heterocycles. The summed E-state index contributed by atoms with van der Waals surface area (Å²) in [6.45, 7) is 0.315. The van der Waals surface area contributed by atoms with E-state index in [-0.39, 0.29) is 6.42 Å². The third-order valence-electron chi connectivity index (χ3n) is 2.01. The van der Waals surface area contributed by atoms with Crippen LogP contribution in [-0.2, 0) is 16.1 Å². The van der Waals surface area contributed by atoms with Crippen molar-refractivity contribution in [2.24, 2.45) is 5.73 Å². The van der Waals surface area contributed by atoms with E-state index in [1.165, 1.54) is 0 Å². The van der Waals surface area contributed by atoms with Gasteiger partial charge in [-0.3, -0.25) is 9.59 Å². The molecule has 0 heterocycles. The number of rotatable bonds is 5. The van der Waals surface area contributed by atoms with Gasteiger partial charge in [-0.2, -0.15) is 0 Å². The highest BCUT2D eigenvalue weighted by Gasteiger charge is 2.16. The maximum absolute atomic E-state index is 11.3. The van der Waals surface area contributed by atoms with Crippen LogP contribution < -0.4 is 11.1 Å². The van der Waals surface area contributed by atoms with Crippen LogP contribution in [0.3, 0.4) is 0 Å². The van der Waals surface area contributed by atoms with Gasteiger partial charge >= 0.3 is 0 Å². The predicted molar refractivity (Wildman–Crippen MR) is 58.1 cm³/mol. The van der Waals surface area contributed by atoms with Crippen LogP contribution in [0.2, 0.25) is 0 Å². The van der Waals surface area contributed by atoms with Crippen molar-refractivity contribution in [3.63, 3.8) is 0 Å². The van der Waals surface area contributed by atoms with Crippen LogP contribution in [0, 0.1) is 0 Å². The second-order valence-electron chi connectivity index (χ2n) is 3.39. The number of carbonyl (C=O) groups is 2. The highest BCUT2D eigenvalue weighted by atomic mass is 16.3. The van der Waals surface area contributed by atoms with Crippen molar-refractivity contribution in [2.45, 2.75) is 19.1 Å². The molecule has 1 atom stereocenters. The number of benzene rings is 1. The minimum atomic E-state index is -1.37. The number of amides is 2. The van der Waals surface area contributed by atoms with Gasteiger partial charge in [0.2, 0.25) is 11.8 Å². The maximum atomic E-state index is 11.3. The first-order chi connectivity index (χ1) is 7.59. The number of hydrogen-bond donors (Lipinski definition) is 3. The van der Waals surface area contributed by atoms with E-state index < -0.39 is 17.9 Å². The monoisotopic (exact) mass is 222 g/mol. The number of primary amides is 1. The molecule has 1 aromatic carbocycles. The Labute approximate surface area is 93.3 Å². The Morgan fingerprint density at radius 2 is 1.94 bits per heavy atom. The molecule has 0 aliphatic carbocycles. The van der Waals surface area contributed by atoms with Crippen molar-refractivity contribution < 1.29 is 14.7 Å². The molecular formula is C11H14N2O3. The lowest BCUT2D eigenvalue weighted by atomic mass is 10.2. The molecule has 5 nitrogen and oxygen atoms in total. The fourth-order valence-corrected chi connectivity index (χ4v) is 1.19. The molecule has 0 saturated carbocycles. The third kappa shape index (κ3) is 4.10. The second-order valence-corrected chi connectivity index (χ2v) is 3.39. The van der Waals surface area contributed by atoms with E-state index >= 15 is 0 Å². The fourth-order valence-electron chi connectivity index (χ4n) is 1.19. The minimum absolute atomic E-state index is 0.315. The molecule has 0 bridgehead atoms. The van der Waals surface area contributed by atoms with Gasteiger partial charge in [-0.25, -0.2) is 0 Å². The van der Waals surface area contributed by atoms with Gasteiger partial charge in [-0.1, -0.05) is 30.3 Å². The zero-order valence-corrected chi connectivity index (χ0v) is 8.72. The van der Waals surface area contributed by atoms with Crippen molar-refractivity contribution in [2.75, 3.05) is 0 Å². The van der Waals surface area contributed by atoms with Gasteiger partial charge in [0, 0.05) is 6.54 Å². The number of nitrogens with two attached hydrogens (primary N) is 1. The standard InChI is InChI=1S/C11H14N2O3/c12-10(15)6-9(14)11(16)13-7-8-4-2-1-3-5-8/h1-5,9,14H,6-7H2,(H2,12,15)(H,13,16)/t9-/m0/s1. The molecule has 1 rings (SSSR count). The molecule has 0 fully saturated rings. The molecule has 2 amide bonds. The summed E-state index contributed by atoms with van der Waals surface area (Å²) in [6, 6.07) is 9.26. The summed E-state index contributed by atoms with van der Waals surface area (Å²) in [4.78, 5) is 21.8. The Bertz CT molecular complexity index is 365. The summed E-state index contributed by atoms with van der Waals surface area (Å²) < 4.78 is 0. The highest BCUT2D eigenvalue weighted by Crippen LogP contribution is 1.98. The van der Waals surface area contributed by atoms with E-state index in [1.807, 2.05) is 30.3 Å². The van der Waals surface area contributed by atoms with Crippen LogP contribution in [0.1, 0.15) is 12.0 Å². The second kappa shape index (κ2) is 5.87. The van der Waals surface area contributed by atoms with Crippen molar-refractivity contribution in [1.29, 1.82) is 0 Å². The fraction of sp³-hybridized carbons (Fsp3) is 0.273. The van der Waals surface area contributed by atoms with Gasteiger partial charge in [-0.15, -0.1) is 0 Å². The molecule has 0 saturated heterocycles. The summed E-state index contributed by atoms with van der Waals surface area (Å²) in [5.41, 5.74) is 5.78. The van der Waals surface area contributed by atoms with Crippen LogP contribution in [0.4, 0.5) is 0 Å². The number of aliphatic hydroxyl groups excluding tert-OH is 1. The van der Waals surface area contributed by atoms with E-state index in [9.17, 15) is 14.7 Å². The van der Waals surface area contributed by atoms with Gasteiger partial charge in [0.25, 0.3) is 0 Å². The number of aliphatic hydroxyl groups is 1. The predicted octanol–water partition coefficient (Wildman–Crippen LogP) is -0.461. The van der Waals surface area contributed by atoms with Crippen LogP contribution >= 0.6 is 0 Å². The molecule has 0 aliphatic heterocycles. The number of hydrogen-bond acceptors (Lipinski definition) is 3. The lowest BCUT2D eigenvalue weighted by Gasteiger charge is -2.09. The summed E-state index contributed by atoms with van der Waals surface area (Å²) in [7, 11) is 0. The molecule has 1 aromatic rings. The molecule has 86 valence electrons. The van der Waals surface area contributed by atoms with Gasteiger partial charge in [0.05, 0.1) is 6.42 Å². The van der Waals surface area contributed by atoms with E-state index in [1.54, 1.807) is 0 Å². The number of carbonyl (C=O) groups excluding carboxylic acids is 2. The third-order valence-corrected chi connectivity index (χ3v) is 2.01. The quantitative estimate of drug-likeness (QED) is 0.629. The topological polar surface area (TPSA) is 92.4 Å². The van der Waals surface area contributed by atoms with Gasteiger partial charge in [0.15, 0.2) is 0 Å². The van der Waals surface area contributed by atoms with E-state index in [4.69, 9.17) is 5.73 Å².